The van der Waals surface area contributed by atoms with Gasteiger partial charge < -0.3 is 5.11 Å². The van der Waals surface area contributed by atoms with Crippen LogP contribution >= 0.6 is 0 Å². The number of benzene rings is 1. The number of Topliss-reactive ketones (excluding diaryl/α,β-unsaturated/α-hetero) is 1. The maximum absolute atomic E-state index is 12.0. The second kappa shape index (κ2) is 6.50. The quantitative estimate of drug-likeness (QED) is 0.762. The number of unbranched alkanes of at least 4 members (excludes halogenated alkanes) is 1. The lowest BCUT2D eigenvalue weighted by molar-refractivity contribution is -0.146. The normalized spacial score (nSPS) is 11.3. The van der Waals surface area contributed by atoms with Gasteiger partial charge in [-0.2, -0.15) is 0 Å². The Hall–Kier alpha value is -1.64. The number of carboxylic acid groups (broad SMARTS) is 1. The van der Waals surface area contributed by atoms with Gasteiger partial charge in [-0.25, -0.2) is 0 Å². The Balaban J connectivity index is 2.70. The van der Waals surface area contributed by atoms with Crippen LogP contribution in [-0.2, 0) is 11.2 Å². The number of aryl methyl sites for hydroxylation is 1. The van der Waals surface area contributed by atoms with Gasteiger partial charge in [0.2, 0.25) is 0 Å². The summed E-state index contributed by atoms with van der Waals surface area (Å²) in [5.41, 5.74) is 0.795. The lowest BCUT2D eigenvalue weighted by atomic mass is 9.85. The van der Waals surface area contributed by atoms with Crippen LogP contribution in [0.1, 0.15) is 56.0 Å². The molecule has 0 saturated heterocycles. The average molecular weight is 262 g/mol. The predicted octanol–water partition coefficient (Wildman–Crippen LogP) is 3.71. The summed E-state index contributed by atoms with van der Waals surface area (Å²) >= 11 is 0. The number of hydrogen-bond acceptors (Lipinski definition) is 2. The SMILES string of the molecule is CCCCc1ccc(C(=O)CC(C)(C)C(=O)O)cc1. The highest BCUT2D eigenvalue weighted by Crippen LogP contribution is 2.23. The molecule has 0 unspecified atom stereocenters. The number of carbonyl (C=O) groups excluding carboxylic acids is 1. The molecule has 1 aromatic rings. The number of carboxylic acids is 1. The van der Waals surface area contributed by atoms with E-state index in [1.54, 1.807) is 26.0 Å². The van der Waals surface area contributed by atoms with Crippen LogP contribution in [0.25, 0.3) is 0 Å². The molecule has 0 saturated carbocycles. The first-order chi connectivity index (χ1) is 8.86. The van der Waals surface area contributed by atoms with Gasteiger partial charge in [-0.15, -0.1) is 0 Å². The van der Waals surface area contributed by atoms with Crippen LogP contribution < -0.4 is 0 Å². The minimum atomic E-state index is -1.02. The lowest BCUT2D eigenvalue weighted by Crippen LogP contribution is -2.26. The highest BCUT2D eigenvalue weighted by molar-refractivity contribution is 5.98. The van der Waals surface area contributed by atoms with E-state index in [0.29, 0.717) is 5.56 Å². The fourth-order valence-electron chi connectivity index (χ4n) is 1.82. The number of rotatable bonds is 7. The predicted molar refractivity (Wildman–Crippen MR) is 75.4 cm³/mol. The van der Waals surface area contributed by atoms with Gasteiger partial charge in [0, 0.05) is 12.0 Å². The molecule has 0 aliphatic heterocycles. The molecular formula is C16H22O3. The molecule has 0 aliphatic rings. The van der Waals surface area contributed by atoms with Crippen molar-refractivity contribution in [3.63, 3.8) is 0 Å². The summed E-state index contributed by atoms with van der Waals surface area (Å²) in [6.07, 6.45) is 3.33. The van der Waals surface area contributed by atoms with Gasteiger partial charge in [-0.3, -0.25) is 9.59 Å². The molecule has 0 radical (unpaired) electrons. The summed E-state index contributed by atoms with van der Waals surface area (Å²) in [5, 5.41) is 9.03. The Labute approximate surface area is 114 Å². The molecule has 0 atom stereocenters. The van der Waals surface area contributed by atoms with E-state index < -0.39 is 11.4 Å². The molecule has 0 aromatic heterocycles. The Morgan fingerprint density at radius 3 is 2.21 bits per heavy atom. The van der Waals surface area contributed by atoms with E-state index >= 15 is 0 Å². The van der Waals surface area contributed by atoms with Crippen molar-refractivity contribution in [2.45, 2.75) is 46.5 Å². The molecule has 0 amide bonds. The van der Waals surface area contributed by atoms with Crippen LogP contribution in [0, 0.1) is 5.41 Å². The zero-order chi connectivity index (χ0) is 14.5. The summed E-state index contributed by atoms with van der Waals surface area (Å²) in [6, 6.07) is 7.50. The van der Waals surface area contributed by atoms with Gasteiger partial charge in [0.05, 0.1) is 5.41 Å². The van der Waals surface area contributed by atoms with E-state index in [4.69, 9.17) is 5.11 Å². The molecule has 0 spiro atoms. The first-order valence-electron chi connectivity index (χ1n) is 6.72. The first-order valence-corrected chi connectivity index (χ1v) is 6.72. The van der Waals surface area contributed by atoms with E-state index in [-0.39, 0.29) is 12.2 Å². The van der Waals surface area contributed by atoms with Crippen LogP contribution in [-0.4, -0.2) is 16.9 Å². The topological polar surface area (TPSA) is 54.4 Å². The maximum atomic E-state index is 12.0. The molecule has 0 heterocycles. The van der Waals surface area contributed by atoms with Crippen molar-refractivity contribution >= 4 is 11.8 Å². The van der Waals surface area contributed by atoms with Gasteiger partial charge in [0.15, 0.2) is 5.78 Å². The monoisotopic (exact) mass is 262 g/mol. The Morgan fingerprint density at radius 1 is 1.16 bits per heavy atom. The minimum Gasteiger partial charge on any atom is -0.481 e. The van der Waals surface area contributed by atoms with E-state index in [1.165, 1.54) is 5.56 Å². The van der Waals surface area contributed by atoms with Crippen molar-refractivity contribution in [1.82, 2.24) is 0 Å². The van der Waals surface area contributed by atoms with Crippen LogP contribution in [0.3, 0.4) is 0 Å². The van der Waals surface area contributed by atoms with Gasteiger partial charge in [-0.1, -0.05) is 37.6 Å². The third-order valence-corrected chi connectivity index (χ3v) is 3.28. The fraction of sp³-hybridized carbons (Fsp3) is 0.500. The molecule has 3 nitrogen and oxygen atoms in total. The first kappa shape index (κ1) is 15.4. The van der Waals surface area contributed by atoms with Gasteiger partial charge in [-0.05, 0) is 32.3 Å². The van der Waals surface area contributed by atoms with Crippen LogP contribution in [0.4, 0.5) is 0 Å². The summed E-state index contributed by atoms with van der Waals surface area (Å²) < 4.78 is 0. The Kier molecular flexibility index (Phi) is 5.28. The molecule has 1 N–H and O–H groups in total. The summed E-state index contributed by atoms with van der Waals surface area (Å²) in [7, 11) is 0. The maximum Gasteiger partial charge on any atom is 0.309 e. The minimum absolute atomic E-state index is 0.0244. The number of aliphatic carboxylic acids is 1. The highest BCUT2D eigenvalue weighted by Gasteiger charge is 2.30. The standard InChI is InChI=1S/C16H22O3/c1-4-5-6-12-7-9-13(10-8-12)14(17)11-16(2,3)15(18)19/h7-10H,4-6,11H2,1-3H3,(H,18,19). The van der Waals surface area contributed by atoms with Gasteiger partial charge in [0.25, 0.3) is 0 Å². The molecule has 104 valence electrons. The molecule has 0 fully saturated rings. The molecule has 19 heavy (non-hydrogen) atoms. The van der Waals surface area contributed by atoms with Crippen molar-refractivity contribution in [2.24, 2.45) is 5.41 Å². The van der Waals surface area contributed by atoms with Crippen LogP contribution in [0.2, 0.25) is 0 Å². The average Bonchev–Trinajstić information content (AvgIpc) is 2.36. The third-order valence-electron chi connectivity index (χ3n) is 3.28. The van der Waals surface area contributed by atoms with Crippen molar-refractivity contribution in [3.05, 3.63) is 35.4 Å². The zero-order valence-corrected chi connectivity index (χ0v) is 11.9. The Morgan fingerprint density at radius 2 is 1.74 bits per heavy atom. The van der Waals surface area contributed by atoms with Crippen LogP contribution in [0.5, 0.6) is 0 Å². The Bertz CT molecular complexity index is 444. The third kappa shape index (κ3) is 4.51. The largest absolute Gasteiger partial charge is 0.481 e. The van der Waals surface area contributed by atoms with Crippen molar-refractivity contribution in [1.29, 1.82) is 0 Å². The number of carbonyl (C=O) groups is 2. The summed E-state index contributed by atoms with van der Waals surface area (Å²) in [5.74, 6) is -1.06. The molecule has 0 aliphatic carbocycles. The highest BCUT2D eigenvalue weighted by atomic mass is 16.4. The molecule has 0 bridgehead atoms. The number of ketones is 1. The van der Waals surface area contributed by atoms with Crippen molar-refractivity contribution in [2.75, 3.05) is 0 Å². The second-order valence-electron chi connectivity index (χ2n) is 5.59. The fourth-order valence-corrected chi connectivity index (χ4v) is 1.82. The van der Waals surface area contributed by atoms with Gasteiger partial charge in [0.1, 0.15) is 0 Å². The van der Waals surface area contributed by atoms with E-state index in [0.717, 1.165) is 19.3 Å². The number of hydrogen-bond donors (Lipinski definition) is 1. The van der Waals surface area contributed by atoms with Gasteiger partial charge >= 0.3 is 5.97 Å². The zero-order valence-electron chi connectivity index (χ0n) is 11.9. The van der Waals surface area contributed by atoms with E-state index in [1.807, 2.05) is 12.1 Å². The smallest absolute Gasteiger partial charge is 0.309 e. The van der Waals surface area contributed by atoms with E-state index in [2.05, 4.69) is 6.92 Å². The van der Waals surface area contributed by atoms with Crippen molar-refractivity contribution < 1.29 is 14.7 Å². The van der Waals surface area contributed by atoms with Crippen molar-refractivity contribution in [3.8, 4) is 0 Å². The van der Waals surface area contributed by atoms with Crippen LogP contribution in [0.15, 0.2) is 24.3 Å². The molecular weight excluding hydrogens is 240 g/mol. The second-order valence-corrected chi connectivity index (χ2v) is 5.59. The summed E-state index contributed by atoms with van der Waals surface area (Å²) in [4.78, 5) is 23.0. The molecule has 3 heteroatoms. The summed E-state index contributed by atoms with van der Waals surface area (Å²) in [6.45, 7) is 5.29. The lowest BCUT2D eigenvalue weighted by Gasteiger charge is -2.17. The molecule has 1 rings (SSSR count). The molecule has 1 aromatic carbocycles. The van der Waals surface area contributed by atoms with E-state index in [9.17, 15) is 9.59 Å².